The van der Waals surface area contributed by atoms with E-state index in [1.807, 2.05) is 0 Å². The van der Waals surface area contributed by atoms with Crippen LogP contribution in [-0.2, 0) is 66.6 Å². The molecule has 2 amide bonds. The maximum absolute atomic E-state index is 12.6. The van der Waals surface area contributed by atoms with Crippen molar-refractivity contribution in [1.29, 1.82) is 0 Å². The normalized spacial score (nSPS) is 21.9. The Bertz CT molecular complexity index is 1180. The maximum atomic E-state index is 12.6. The molecular formula is C31H50N2O16. The number of carbonyl (C=O) groups is 7. The van der Waals surface area contributed by atoms with Gasteiger partial charge in [0.05, 0.1) is 13.2 Å². The summed E-state index contributed by atoms with van der Waals surface area (Å²) in [6.07, 6.45) is -10.4. The van der Waals surface area contributed by atoms with Crippen LogP contribution in [0.25, 0.3) is 0 Å². The summed E-state index contributed by atoms with van der Waals surface area (Å²) in [5, 5.41) is 4.99. The van der Waals surface area contributed by atoms with Gasteiger partial charge in [0.2, 0.25) is 0 Å². The Balaban J connectivity index is 3.54. The van der Waals surface area contributed by atoms with Gasteiger partial charge in [-0.05, 0) is 54.4 Å². The van der Waals surface area contributed by atoms with Crippen LogP contribution < -0.4 is 10.6 Å². The molecule has 1 aliphatic heterocycles. The lowest BCUT2D eigenvalue weighted by molar-refractivity contribution is -0.316. The number of alkyl carbamates (subject to hydrolysis) is 2. The van der Waals surface area contributed by atoms with E-state index in [0.717, 1.165) is 34.8 Å². The fourth-order valence-corrected chi connectivity index (χ4v) is 4.41. The number of rotatable bonds is 14. The summed E-state index contributed by atoms with van der Waals surface area (Å²) < 4.78 is 49.0. The summed E-state index contributed by atoms with van der Waals surface area (Å²) in [7, 11) is 1.13. The first-order chi connectivity index (χ1) is 22.5. The molecule has 0 aromatic carbocycles. The zero-order valence-electron chi connectivity index (χ0n) is 29.9. The van der Waals surface area contributed by atoms with E-state index in [2.05, 4.69) is 10.6 Å². The molecule has 280 valence electrons. The number of hydrogen-bond donors (Lipinski definition) is 2. The second-order valence-corrected chi connectivity index (χ2v) is 13.0. The van der Waals surface area contributed by atoms with Crippen molar-refractivity contribution in [2.45, 2.75) is 136 Å². The third kappa shape index (κ3) is 17.2. The van der Waals surface area contributed by atoms with Crippen molar-refractivity contribution in [1.82, 2.24) is 10.6 Å². The van der Waals surface area contributed by atoms with Gasteiger partial charge in [-0.3, -0.25) is 19.2 Å². The van der Waals surface area contributed by atoms with Crippen LogP contribution in [0, 0.1) is 0 Å². The minimum absolute atomic E-state index is 0.0851. The molecule has 1 fully saturated rings. The number of hydrogen-bond acceptors (Lipinski definition) is 16. The predicted octanol–water partition coefficient (Wildman–Crippen LogP) is 1.83. The highest BCUT2D eigenvalue weighted by molar-refractivity contribution is 5.81. The van der Waals surface area contributed by atoms with E-state index in [-0.39, 0.29) is 19.4 Å². The number of esters is 5. The van der Waals surface area contributed by atoms with Gasteiger partial charge in [-0.2, -0.15) is 0 Å². The first-order valence-corrected chi connectivity index (χ1v) is 15.5. The number of amides is 2. The van der Waals surface area contributed by atoms with E-state index in [4.69, 9.17) is 42.6 Å². The van der Waals surface area contributed by atoms with Crippen LogP contribution in [0.3, 0.4) is 0 Å². The number of ether oxygens (including phenoxy) is 9. The van der Waals surface area contributed by atoms with Gasteiger partial charge in [-0.1, -0.05) is 0 Å². The molecule has 0 aromatic heterocycles. The van der Waals surface area contributed by atoms with E-state index in [1.165, 1.54) is 0 Å². The number of nitrogens with one attached hydrogen (secondary N) is 2. The summed E-state index contributed by atoms with van der Waals surface area (Å²) in [4.78, 5) is 85.8. The Morgan fingerprint density at radius 1 is 0.694 bits per heavy atom. The van der Waals surface area contributed by atoms with Crippen LogP contribution in [0.4, 0.5) is 9.59 Å². The molecule has 1 rings (SSSR count). The molecule has 0 aromatic rings. The van der Waals surface area contributed by atoms with Crippen LogP contribution in [0.2, 0.25) is 0 Å². The van der Waals surface area contributed by atoms with Gasteiger partial charge in [0.15, 0.2) is 24.6 Å². The van der Waals surface area contributed by atoms with Gasteiger partial charge < -0.3 is 53.3 Å². The molecule has 1 aliphatic rings. The summed E-state index contributed by atoms with van der Waals surface area (Å²) in [5.74, 6) is -4.03. The van der Waals surface area contributed by atoms with Gasteiger partial charge in [0.1, 0.15) is 30.0 Å². The minimum Gasteiger partial charge on any atom is -0.467 e. The average Bonchev–Trinajstić information content (AvgIpc) is 2.92. The second kappa shape index (κ2) is 19.1. The van der Waals surface area contributed by atoms with Gasteiger partial charge >= 0.3 is 42.0 Å². The standard InChI is InChI=1S/C31H50N2O16/c1-16(34)42-15-22-23(43-17(2)35)24(44-18(3)36)25(45-19(4)37)27(47-22)46-20(14-32-28(39)48-30(5,6)7)12-13-21(26(38)41-11)33-29(40)49-31(8,9)10/h20-25,27H,12-15H2,1-11H3,(H,32,39)(H,33,40)/t20-,21+,22-,23+,24+,25-,27-/m1/s1. The first kappa shape index (κ1) is 42.8. The molecule has 0 bridgehead atoms. The van der Waals surface area contributed by atoms with E-state index in [1.54, 1.807) is 41.5 Å². The molecule has 0 saturated carbocycles. The topological polar surface area (TPSA) is 227 Å². The van der Waals surface area contributed by atoms with Crippen molar-refractivity contribution in [3.63, 3.8) is 0 Å². The SMILES string of the molecule is COC(=O)[C@H](CC[C@H](CNC(=O)OC(C)(C)C)O[C@@H]1O[C@H](COC(C)=O)[C@H](OC(C)=O)[C@H](OC(C)=O)[C@H]1OC(C)=O)NC(=O)OC(C)(C)C. The van der Waals surface area contributed by atoms with Crippen molar-refractivity contribution in [3.05, 3.63) is 0 Å². The highest BCUT2D eigenvalue weighted by Gasteiger charge is 2.53. The van der Waals surface area contributed by atoms with Crippen molar-refractivity contribution in [2.24, 2.45) is 0 Å². The van der Waals surface area contributed by atoms with Gasteiger partial charge in [0.25, 0.3) is 0 Å². The van der Waals surface area contributed by atoms with Gasteiger partial charge in [-0.25, -0.2) is 14.4 Å². The molecule has 18 nitrogen and oxygen atoms in total. The molecule has 18 heteroatoms. The van der Waals surface area contributed by atoms with Crippen LogP contribution in [0.15, 0.2) is 0 Å². The number of carbonyl (C=O) groups excluding carboxylic acids is 7. The molecule has 49 heavy (non-hydrogen) atoms. The third-order valence-electron chi connectivity index (χ3n) is 6.10. The quantitative estimate of drug-likeness (QED) is 0.194. The van der Waals surface area contributed by atoms with E-state index in [9.17, 15) is 33.6 Å². The summed E-state index contributed by atoms with van der Waals surface area (Å²) in [5.41, 5.74) is -1.73. The molecule has 0 aliphatic carbocycles. The lowest BCUT2D eigenvalue weighted by atomic mass is 9.97. The summed E-state index contributed by atoms with van der Waals surface area (Å²) >= 11 is 0. The molecule has 0 radical (unpaired) electrons. The summed E-state index contributed by atoms with van der Waals surface area (Å²) in [6.45, 7) is 13.5. The fourth-order valence-electron chi connectivity index (χ4n) is 4.41. The fraction of sp³-hybridized carbons (Fsp3) is 0.774. The Morgan fingerprint density at radius 3 is 1.69 bits per heavy atom. The Kier molecular flexibility index (Phi) is 16.7. The minimum atomic E-state index is -1.60. The van der Waals surface area contributed by atoms with Crippen molar-refractivity contribution in [3.8, 4) is 0 Å². The molecule has 7 atom stereocenters. The molecule has 1 saturated heterocycles. The molecule has 0 unspecified atom stereocenters. The lowest BCUT2D eigenvalue weighted by Crippen LogP contribution is -2.63. The van der Waals surface area contributed by atoms with Crippen LogP contribution in [0.5, 0.6) is 0 Å². The lowest BCUT2D eigenvalue weighted by Gasteiger charge is -2.44. The maximum Gasteiger partial charge on any atom is 0.408 e. The third-order valence-corrected chi connectivity index (χ3v) is 6.10. The highest BCUT2D eigenvalue weighted by atomic mass is 16.7. The second-order valence-electron chi connectivity index (χ2n) is 13.0. The molecule has 2 N–H and O–H groups in total. The molecule has 0 spiro atoms. The van der Waals surface area contributed by atoms with E-state index < -0.39 is 103 Å². The van der Waals surface area contributed by atoms with Crippen LogP contribution in [-0.4, -0.2) is 116 Å². The smallest absolute Gasteiger partial charge is 0.408 e. The zero-order valence-corrected chi connectivity index (χ0v) is 29.9. The van der Waals surface area contributed by atoms with E-state index >= 15 is 0 Å². The molecular weight excluding hydrogens is 656 g/mol. The van der Waals surface area contributed by atoms with Crippen molar-refractivity contribution < 1.29 is 76.2 Å². The molecule has 1 heterocycles. The highest BCUT2D eigenvalue weighted by Crippen LogP contribution is 2.31. The Morgan fingerprint density at radius 2 is 1.20 bits per heavy atom. The Labute approximate surface area is 285 Å². The van der Waals surface area contributed by atoms with E-state index in [0.29, 0.717) is 0 Å². The van der Waals surface area contributed by atoms with Gasteiger partial charge in [-0.15, -0.1) is 0 Å². The van der Waals surface area contributed by atoms with Crippen LogP contribution >= 0.6 is 0 Å². The van der Waals surface area contributed by atoms with Crippen LogP contribution in [0.1, 0.15) is 82.1 Å². The van der Waals surface area contributed by atoms with Crippen molar-refractivity contribution in [2.75, 3.05) is 20.3 Å². The predicted molar refractivity (Wildman–Crippen MR) is 165 cm³/mol. The Hall–Kier alpha value is -4.19. The average molecular weight is 707 g/mol. The monoisotopic (exact) mass is 706 g/mol. The van der Waals surface area contributed by atoms with Crippen molar-refractivity contribution >= 4 is 42.0 Å². The first-order valence-electron chi connectivity index (χ1n) is 15.5. The largest absolute Gasteiger partial charge is 0.467 e. The number of methoxy groups -OCH3 is 1. The zero-order chi connectivity index (χ0) is 37.7. The van der Waals surface area contributed by atoms with Gasteiger partial charge in [0, 0.05) is 34.2 Å². The summed E-state index contributed by atoms with van der Waals surface area (Å²) in [6, 6.07) is -1.23.